The van der Waals surface area contributed by atoms with E-state index in [0.717, 1.165) is 22.9 Å². The molecule has 2 N–H and O–H groups in total. The fourth-order valence-corrected chi connectivity index (χ4v) is 2.37. The Labute approximate surface area is 135 Å². The van der Waals surface area contributed by atoms with Gasteiger partial charge in [-0.3, -0.25) is 20.2 Å². The summed E-state index contributed by atoms with van der Waals surface area (Å²) in [6.07, 6.45) is 0.531. The van der Waals surface area contributed by atoms with E-state index < -0.39 is 9.85 Å². The van der Waals surface area contributed by atoms with Gasteiger partial charge in [-0.1, -0.05) is 12.1 Å². The number of imidazole rings is 1. The number of H-pyrrole nitrogens is 1. The molecule has 0 radical (unpaired) electrons. The van der Waals surface area contributed by atoms with Gasteiger partial charge in [0.05, 0.1) is 26.9 Å². The number of hydrogen-bond donors (Lipinski definition) is 2. The van der Waals surface area contributed by atoms with Crippen molar-refractivity contribution in [2.45, 2.75) is 6.42 Å². The Balaban J connectivity index is 1.72. The van der Waals surface area contributed by atoms with Crippen LogP contribution in [0.2, 0.25) is 0 Å². The molecule has 0 saturated heterocycles. The molecule has 0 aliphatic rings. The molecule has 122 valence electrons. The van der Waals surface area contributed by atoms with Crippen LogP contribution in [0.15, 0.2) is 42.5 Å². The largest absolute Gasteiger partial charge is 0.379 e. The fraction of sp³-hybridized carbons (Fsp3) is 0.133. The van der Waals surface area contributed by atoms with Crippen molar-refractivity contribution in [3.8, 4) is 0 Å². The number of para-hydroxylation sites is 2. The highest BCUT2D eigenvalue weighted by Crippen LogP contribution is 2.28. The van der Waals surface area contributed by atoms with Gasteiger partial charge in [-0.05, 0) is 18.2 Å². The number of aromatic amines is 1. The Morgan fingerprint density at radius 3 is 2.58 bits per heavy atom. The molecule has 0 unspecified atom stereocenters. The number of nitrogens with one attached hydrogen (secondary N) is 2. The van der Waals surface area contributed by atoms with Gasteiger partial charge in [0.1, 0.15) is 11.5 Å². The SMILES string of the molecule is O=[N+]([O-])c1ccc(NCCc2nc3ccccc3[nH]2)c([N+](=O)[O-])c1. The summed E-state index contributed by atoms with van der Waals surface area (Å²) in [5, 5.41) is 24.7. The van der Waals surface area contributed by atoms with Crippen LogP contribution in [-0.2, 0) is 6.42 Å². The highest BCUT2D eigenvalue weighted by Gasteiger charge is 2.19. The highest BCUT2D eigenvalue weighted by molar-refractivity contribution is 5.74. The third kappa shape index (κ3) is 3.14. The number of anilines is 1. The van der Waals surface area contributed by atoms with Crippen LogP contribution in [0.25, 0.3) is 11.0 Å². The first-order valence-corrected chi connectivity index (χ1v) is 7.15. The summed E-state index contributed by atoms with van der Waals surface area (Å²) in [5.41, 5.74) is 1.38. The minimum absolute atomic E-state index is 0.238. The number of rotatable bonds is 6. The molecule has 0 atom stereocenters. The van der Waals surface area contributed by atoms with E-state index in [-0.39, 0.29) is 17.1 Å². The first-order valence-electron chi connectivity index (χ1n) is 7.15. The van der Waals surface area contributed by atoms with Crippen molar-refractivity contribution in [2.75, 3.05) is 11.9 Å². The molecule has 0 amide bonds. The number of nitro groups is 2. The highest BCUT2D eigenvalue weighted by atomic mass is 16.6. The van der Waals surface area contributed by atoms with Crippen LogP contribution < -0.4 is 5.32 Å². The molecule has 24 heavy (non-hydrogen) atoms. The second-order valence-corrected chi connectivity index (χ2v) is 5.09. The molecule has 1 aromatic heterocycles. The van der Waals surface area contributed by atoms with Gasteiger partial charge in [-0.25, -0.2) is 4.98 Å². The van der Waals surface area contributed by atoms with Crippen molar-refractivity contribution < 1.29 is 9.85 Å². The predicted molar refractivity (Wildman–Crippen MR) is 88.0 cm³/mol. The molecule has 0 fully saturated rings. The van der Waals surface area contributed by atoms with Gasteiger partial charge in [0.25, 0.3) is 11.4 Å². The number of non-ortho nitro benzene ring substituents is 1. The zero-order valence-corrected chi connectivity index (χ0v) is 12.4. The van der Waals surface area contributed by atoms with Gasteiger partial charge in [-0.15, -0.1) is 0 Å². The Hall–Kier alpha value is -3.49. The van der Waals surface area contributed by atoms with Crippen molar-refractivity contribution in [2.24, 2.45) is 0 Å². The minimum Gasteiger partial charge on any atom is -0.379 e. The van der Waals surface area contributed by atoms with Crippen molar-refractivity contribution in [1.29, 1.82) is 0 Å². The maximum Gasteiger partial charge on any atom is 0.299 e. The summed E-state index contributed by atoms with van der Waals surface area (Å²) in [7, 11) is 0. The van der Waals surface area contributed by atoms with E-state index in [1.807, 2.05) is 24.3 Å². The summed E-state index contributed by atoms with van der Waals surface area (Å²) in [6, 6.07) is 11.1. The van der Waals surface area contributed by atoms with E-state index in [1.54, 1.807) is 0 Å². The molecule has 0 bridgehead atoms. The lowest BCUT2D eigenvalue weighted by molar-refractivity contribution is -0.393. The number of nitrogens with zero attached hydrogens (tertiary/aromatic N) is 3. The lowest BCUT2D eigenvalue weighted by atomic mass is 10.2. The van der Waals surface area contributed by atoms with Crippen molar-refractivity contribution in [1.82, 2.24) is 9.97 Å². The quantitative estimate of drug-likeness (QED) is 0.529. The Morgan fingerprint density at radius 2 is 1.88 bits per heavy atom. The van der Waals surface area contributed by atoms with Crippen molar-refractivity contribution in [3.63, 3.8) is 0 Å². The number of aromatic nitrogens is 2. The minimum atomic E-state index is -0.662. The van der Waals surface area contributed by atoms with E-state index in [0.29, 0.717) is 13.0 Å². The summed E-state index contributed by atoms with van der Waals surface area (Å²) >= 11 is 0. The first kappa shape index (κ1) is 15.4. The van der Waals surface area contributed by atoms with E-state index in [2.05, 4.69) is 15.3 Å². The van der Waals surface area contributed by atoms with E-state index in [1.165, 1.54) is 12.1 Å². The molecule has 0 saturated carbocycles. The van der Waals surface area contributed by atoms with Gasteiger partial charge in [0.15, 0.2) is 0 Å². The van der Waals surface area contributed by atoms with Crippen LogP contribution >= 0.6 is 0 Å². The fourth-order valence-electron chi connectivity index (χ4n) is 2.37. The molecule has 2 aromatic carbocycles. The normalized spacial score (nSPS) is 10.7. The van der Waals surface area contributed by atoms with Crippen LogP contribution in [0.1, 0.15) is 5.82 Å². The average molecular weight is 327 g/mol. The lowest BCUT2D eigenvalue weighted by Crippen LogP contribution is -2.08. The van der Waals surface area contributed by atoms with Crippen LogP contribution in [0.4, 0.5) is 17.1 Å². The number of nitro benzene ring substituents is 2. The zero-order chi connectivity index (χ0) is 17.1. The molecule has 3 rings (SSSR count). The van der Waals surface area contributed by atoms with Crippen LogP contribution in [0, 0.1) is 20.2 Å². The molecule has 0 aliphatic heterocycles. The molecule has 0 spiro atoms. The molecular formula is C15H13N5O4. The number of hydrogen-bond acceptors (Lipinski definition) is 6. The lowest BCUT2D eigenvalue weighted by Gasteiger charge is -2.05. The summed E-state index contributed by atoms with van der Waals surface area (Å²) in [4.78, 5) is 28.1. The van der Waals surface area contributed by atoms with Crippen LogP contribution in [-0.4, -0.2) is 26.4 Å². The third-order valence-corrected chi connectivity index (χ3v) is 3.50. The van der Waals surface area contributed by atoms with Gasteiger partial charge in [0.2, 0.25) is 0 Å². The van der Waals surface area contributed by atoms with Gasteiger partial charge in [0, 0.05) is 19.0 Å². The summed E-state index contributed by atoms with van der Waals surface area (Å²) < 4.78 is 0. The Bertz CT molecular complexity index is 888. The maximum atomic E-state index is 11.1. The molecule has 1 heterocycles. The molecule has 9 heteroatoms. The van der Waals surface area contributed by atoms with E-state index >= 15 is 0 Å². The van der Waals surface area contributed by atoms with Crippen LogP contribution in [0.5, 0.6) is 0 Å². The second-order valence-electron chi connectivity index (χ2n) is 5.09. The van der Waals surface area contributed by atoms with Crippen LogP contribution in [0.3, 0.4) is 0 Å². The predicted octanol–water partition coefficient (Wildman–Crippen LogP) is 3.03. The number of fused-ring (bicyclic) bond motifs is 1. The zero-order valence-electron chi connectivity index (χ0n) is 12.4. The maximum absolute atomic E-state index is 11.1. The molecular weight excluding hydrogens is 314 g/mol. The summed E-state index contributed by atoms with van der Waals surface area (Å²) in [6.45, 7) is 0.401. The first-order chi connectivity index (χ1) is 11.5. The Kier molecular flexibility index (Phi) is 4.06. The third-order valence-electron chi connectivity index (χ3n) is 3.50. The van der Waals surface area contributed by atoms with E-state index in [4.69, 9.17) is 0 Å². The standard InChI is InChI=1S/C15H13N5O4/c21-19(22)10-5-6-13(14(9-10)20(23)24)16-8-7-15-17-11-3-1-2-4-12(11)18-15/h1-6,9,16H,7-8H2,(H,17,18). The second kappa shape index (κ2) is 6.32. The van der Waals surface area contributed by atoms with Gasteiger partial charge < -0.3 is 10.3 Å². The monoisotopic (exact) mass is 327 g/mol. The van der Waals surface area contributed by atoms with Crippen molar-refractivity contribution in [3.05, 3.63) is 68.5 Å². The van der Waals surface area contributed by atoms with Gasteiger partial charge >= 0.3 is 0 Å². The van der Waals surface area contributed by atoms with E-state index in [9.17, 15) is 20.2 Å². The van der Waals surface area contributed by atoms with Gasteiger partial charge in [-0.2, -0.15) is 0 Å². The number of benzene rings is 2. The smallest absolute Gasteiger partial charge is 0.299 e. The topological polar surface area (TPSA) is 127 Å². The van der Waals surface area contributed by atoms with Crippen molar-refractivity contribution >= 4 is 28.1 Å². The summed E-state index contributed by atoms with van der Waals surface area (Å²) in [5.74, 6) is 0.758. The molecule has 9 nitrogen and oxygen atoms in total. The Morgan fingerprint density at radius 1 is 1.08 bits per heavy atom. The molecule has 3 aromatic rings. The average Bonchev–Trinajstić information content (AvgIpc) is 2.97. The molecule has 0 aliphatic carbocycles.